The Morgan fingerprint density at radius 3 is 2.32 bits per heavy atom. The summed E-state index contributed by atoms with van der Waals surface area (Å²) in [6.45, 7) is 4.35. The minimum Gasteiger partial charge on any atom is -0.353 e. The number of alkyl halides is 2. The van der Waals surface area contributed by atoms with Gasteiger partial charge in [-0.05, 0) is 41.0 Å². The summed E-state index contributed by atoms with van der Waals surface area (Å²) in [5, 5.41) is 2.84. The van der Waals surface area contributed by atoms with Crippen molar-refractivity contribution in [1.29, 1.82) is 0 Å². The number of hydrogen-bond acceptors (Lipinski definition) is 5. The zero-order valence-corrected chi connectivity index (χ0v) is 18.7. The number of amides is 2. The largest absolute Gasteiger partial charge is 0.353 e. The highest BCUT2D eigenvalue weighted by Crippen LogP contribution is 2.24. The lowest BCUT2D eigenvalue weighted by molar-refractivity contribution is -0.129. The molecule has 34 heavy (non-hydrogen) atoms. The van der Waals surface area contributed by atoms with Crippen LogP contribution in [0, 0.1) is 0 Å². The van der Waals surface area contributed by atoms with Gasteiger partial charge in [-0.25, -0.2) is 13.8 Å². The molecular formula is C25H25F2N5O2. The van der Waals surface area contributed by atoms with Gasteiger partial charge in [0.2, 0.25) is 11.8 Å². The summed E-state index contributed by atoms with van der Waals surface area (Å²) in [4.78, 5) is 36.0. The molecule has 3 aromatic rings. The topological polar surface area (TPSA) is 78.4 Å². The standard InChI is InChI=1S/C25H25F2N5O2/c1-17(33)31-10-12-32(13-11-31)23-7-6-21(16-29-23)30-24(34)14-18-2-4-19(5-3-18)20-8-9-28-22(15-20)25(26)27/h2-9,15-16,25H,10-14H2,1H3,(H,30,34). The van der Waals surface area contributed by atoms with E-state index in [1.165, 1.54) is 12.3 Å². The first-order chi connectivity index (χ1) is 16.4. The Morgan fingerprint density at radius 1 is 0.971 bits per heavy atom. The molecule has 2 amide bonds. The van der Waals surface area contributed by atoms with Gasteiger partial charge in [-0.2, -0.15) is 0 Å². The number of halogens is 2. The highest BCUT2D eigenvalue weighted by Gasteiger charge is 2.19. The average Bonchev–Trinajstić information content (AvgIpc) is 2.85. The van der Waals surface area contributed by atoms with E-state index in [1.807, 2.05) is 17.0 Å². The van der Waals surface area contributed by atoms with Crippen LogP contribution in [0.4, 0.5) is 20.3 Å². The Labute approximate surface area is 196 Å². The summed E-state index contributed by atoms with van der Waals surface area (Å²) in [5.74, 6) is 0.711. The molecule has 1 saturated heterocycles. The summed E-state index contributed by atoms with van der Waals surface area (Å²) < 4.78 is 25.8. The van der Waals surface area contributed by atoms with Crippen molar-refractivity contribution in [1.82, 2.24) is 14.9 Å². The summed E-state index contributed by atoms with van der Waals surface area (Å²) >= 11 is 0. The second kappa shape index (κ2) is 10.4. The molecule has 1 aromatic carbocycles. The van der Waals surface area contributed by atoms with Crippen molar-refractivity contribution in [2.24, 2.45) is 0 Å². The molecule has 1 N–H and O–H groups in total. The van der Waals surface area contributed by atoms with Crippen LogP contribution in [0.25, 0.3) is 11.1 Å². The van der Waals surface area contributed by atoms with Crippen molar-refractivity contribution >= 4 is 23.3 Å². The number of aromatic nitrogens is 2. The number of anilines is 2. The second-order valence-electron chi connectivity index (χ2n) is 8.09. The van der Waals surface area contributed by atoms with Crippen molar-refractivity contribution in [2.75, 3.05) is 36.4 Å². The second-order valence-corrected chi connectivity index (χ2v) is 8.09. The van der Waals surface area contributed by atoms with Crippen LogP contribution in [0.5, 0.6) is 0 Å². The predicted octanol–water partition coefficient (Wildman–Crippen LogP) is 3.93. The maximum Gasteiger partial charge on any atom is 0.280 e. The maximum absolute atomic E-state index is 12.9. The lowest BCUT2D eigenvalue weighted by Gasteiger charge is -2.34. The van der Waals surface area contributed by atoms with Crippen LogP contribution in [0.3, 0.4) is 0 Å². The Bertz CT molecular complexity index is 1140. The van der Waals surface area contributed by atoms with Crippen molar-refractivity contribution in [3.63, 3.8) is 0 Å². The fourth-order valence-corrected chi connectivity index (χ4v) is 3.85. The number of benzene rings is 1. The van der Waals surface area contributed by atoms with Gasteiger partial charge in [0.05, 0.1) is 18.3 Å². The van der Waals surface area contributed by atoms with Crippen molar-refractivity contribution < 1.29 is 18.4 Å². The molecule has 0 bridgehead atoms. The van der Waals surface area contributed by atoms with Gasteiger partial charge >= 0.3 is 0 Å². The lowest BCUT2D eigenvalue weighted by Crippen LogP contribution is -2.48. The van der Waals surface area contributed by atoms with Gasteiger partial charge in [0.25, 0.3) is 6.43 Å². The number of hydrogen-bond donors (Lipinski definition) is 1. The number of carbonyl (C=O) groups is 2. The highest BCUT2D eigenvalue weighted by atomic mass is 19.3. The SMILES string of the molecule is CC(=O)N1CCN(c2ccc(NC(=O)Cc3ccc(-c4ccnc(C(F)F)c4)cc3)cn2)CC1. The van der Waals surface area contributed by atoms with Crippen molar-refractivity contribution in [3.05, 3.63) is 72.2 Å². The molecule has 9 heteroatoms. The molecule has 2 aromatic heterocycles. The number of piperazine rings is 1. The molecular weight excluding hydrogens is 440 g/mol. The zero-order valence-electron chi connectivity index (χ0n) is 18.7. The molecule has 1 aliphatic rings. The molecule has 0 aliphatic carbocycles. The van der Waals surface area contributed by atoms with E-state index < -0.39 is 6.43 Å². The molecule has 0 spiro atoms. The van der Waals surface area contributed by atoms with Crippen LogP contribution in [0.15, 0.2) is 60.9 Å². The van der Waals surface area contributed by atoms with E-state index in [4.69, 9.17) is 0 Å². The van der Waals surface area contributed by atoms with E-state index in [9.17, 15) is 18.4 Å². The number of nitrogens with one attached hydrogen (secondary N) is 1. The minimum atomic E-state index is -2.62. The fraction of sp³-hybridized carbons (Fsp3) is 0.280. The lowest BCUT2D eigenvalue weighted by atomic mass is 10.0. The van der Waals surface area contributed by atoms with E-state index in [0.717, 1.165) is 30.0 Å². The summed E-state index contributed by atoms with van der Waals surface area (Å²) in [7, 11) is 0. The Hall–Kier alpha value is -3.88. The number of pyridine rings is 2. The third kappa shape index (κ3) is 5.72. The number of rotatable bonds is 6. The molecule has 4 rings (SSSR count). The van der Waals surface area contributed by atoms with Crippen LogP contribution in [0.2, 0.25) is 0 Å². The first-order valence-corrected chi connectivity index (χ1v) is 11.0. The molecule has 0 saturated carbocycles. The quantitative estimate of drug-likeness (QED) is 0.597. The first-order valence-electron chi connectivity index (χ1n) is 11.0. The van der Waals surface area contributed by atoms with Gasteiger partial charge in [0.1, 0.15) is 11.5 Å². The van der Waals surface area contributed by atoms with E-state index >= 15 is 0 Å². The summed E-state index contributed by atoms with van der Waals surface area (Å²) in [5.41, 5.74) is 2.56. The van der Waals surface area contributed by atoms with Gasteiger partial charge < -0.3 is 15.1 Å². The van der Waals surface area contributed by atoms with Crippen LogP contribution >= 0.6 is 0 Å². The predicted molar refractivity (Wildman–Crippen MR) is 126 cm³/mol. The smallest absolute Gasteiger partial charge is 0.280 e. The van der Waals surface area contributed by atoms with Crippen LogP contribution in [-0.4, -0.2) is 52.9 Å². The minimum absolute atomic E-state index is 0.0820. The molecule has 0 unspecified atom stereocenters. The molecule has 0 radical (unpaired) electrons. The molecule has 3 heterocycles. The van der Waals surface area contributed by atoms with E-state index in [-0.39, 0.29) is 23.9 Å². The first kappa shape index (κ1) is 23.3. The molecule has 1 fully saturated rings. The third-order valence-corrected chi connectivity index (χ3v) is 5.74. The Balaban J connectivity index is 1.31. The highest BCUT2D eigenvalue weighted by molar-refractivity contribution is 5.92. The monoisotopic (exact) mass is 465 g/mol. The van der Waals surface area contributed by atoms with Crippen LogP contribution < -0.4 is 10.2 Å². The summed E-state index contributed by atoms with van der Waals surface area (Å²) in [6.07, 6.45) is 0.540. The third-order valence-electron chi connectivity index (χ3n) is 5.74. The molecule has 0 atom stereocenters. The number of carbonyl (C=O) groups excluding carboxylic acids is 2. The van der Waals surface area contributed by atoms with Gasteiger partial charge in [-0.15, -0.1) is 0 Å². The average molecular weight is 466 g/mol. The van der Waals surface area contributed by atoms with Gasteiger partial charge in [-0.3, -0.25) is 14.6 Å². The Morgan fingerprint density at radius 2 is 1.71 bits per heavy atom. The van der Waals surface area contributed by atoms with E-state index in [0.29, 0.717) is 24.3 Å². The van der Waals surface area contributed by atoms with Crippen LogP contribution in [0.1, 0.15) is 24.6 Å². The van der Waals surface area contributed by atoms with Gasteiger partial charge in [0.15, 0.2) is 0 Å². The van der Waals surface area contributed by atoms with E-state index in [1.54, 1.807) is 43.5 Å². The molecule has 7 nitrogen and oxygen atoms in total. The molecule has 1 aliphatic heterocycles. The van der Waals surface area contributed by atoms with Crippen LogP contribution in [-0.2, 0) is 16.0 Å². The Kier molecular flexibility index (Phi) is 7.10. The zero-order chi connectivity index (χ0) is 24.1. The number of nitrogens with zero attached hydrogens (tertiary/aromatic N) is 4. The van der Waals surface area contributed by atoms with Gasteiger partial charge in [-0.1, -0.05) is 24.3 Å². The van der Waals surface area contributed by atoms with Gasteiger partial charge in [0, 0.05) is 39.3 Å². The van der Waals surface area contributed by atoms with E-state index in [2.05, 4.69) is 20.2 Å². The maximum atomic E-state index is 12.9. The fourth-order valence-electron chi connectivity index (χ4n) is 3.85. The van der Waals surface area contributed by atoms with Crippen molar-refractivity contribution in [3.8, 4) is 11.1 Å². The molecule has 176 valence electrons. The normalized spacial score (nSPS) is 13.8. The van der Waals surface area contributed by atoms with Crippen molar-refractivity contribution in [2.45, 2.75) is 19.8 Å². The summed E-state index contributed by atoms with van der Waals surface area (Å²) in [6, 6.07) is 13.9.